The zero-order valence-electron chi connectivity index (χ0n) is 15.6. The van der Waals surface area contributed by atoms with Crippen LogP contribution >= 0.6 is 0 Å². The van der Waals surface area contributed by atoms with Gasteiger partial charge in [-0.15, -0.1) is 0 Å². The average molecular weight is 397 g/mol. The van der Waals surface area contributed by atoms with E-state index in [4.69, 9.17) is 9.47 Å². The Bertz CT molecular complexity index is 768. The fraction of sp³-hybridized carbons (Fsp3) is 0.611. The summed E-state index contributed by atoms with van der Waals surface area (Å²) in [5.41, 5.74) is 0.655. The Hall–Kier alpha value is -2.00. The van der Waals surface area contributed by atoms with Crippen LogP contribution < -0.4 is 19.5 Å². The molecule has 2 N–H and O–H groups in total. The molecule has 27 heavy (non-hydrogen) atoms. The maximum atomic E-state index is 12.8. The van der Waals surface area contributed by atoms with Gasteiger partial charge in [0, 0.05) is 37.3 Å². The topological polar surface area (TPSA) is 97.0 Å². The molecule has 8 nitrogen and oxygen atoms in total. The third kappa shape index (κ3) is 5.74. The zero-order valence-corrected chi connectivity index (χ0v) is 16.4. The molecule has 0 aliphatic carbocycles. The third-order valence-electron chi connectivity index (χ3n) is 4.73. The standard InChI is InChI=1S/C18H27N3O5S/c1-27(23,24)19-9-8-15-5-2-3-10-21(15)18(22)20-14-6-7-16-17(13-14)26-12-4-11-25-16/h6-7,13,15,19H,2-5,8-12H2,1H3,(H,20,22)/t15-/m0/s1. The van der Waals surface area contributed by atoms with E-state index in [0.717, 1.165) is 31.9 Å². The molecular weight excluding hydrogens is 370 g/mol. The second-order valence-corrected chi connectivity index (χ2v) is 8.77. The van der Waals surface area contributed by atoms with Gasteiger partial charge in [0.25, 0.3) is 0 Å². The molecule has 2 amide bonds. The maximum absolute atomic E-state index is 12.8. The number of fused-ring (bicyclic) bond motifs is 1. The molecule has 0 aromatic heterocycles. The highest BCUT2D eigenvalue weighted by atomic mass is 32.2. The van der Waals surface area contributed by atoms with Gasteiger partial charge in [0.05, 0.1) is 19.5 Å². The molecule has 150 valence electrons. The van der Waals surface area contributed by atoms with E-state index in [1.165, 1.54) is 0 Å². The second-order valence-electron chi connectivity index (χ2n) is 6.94. The van der Waals surface area contributed by atoms with E-state index >= 15 is 0 Å². The van der Waals surface area contributed by atoms with Crippen LogP contribution in [0.25, 0.3) is 0 Å². The summed E-state index contributed by atoms with van der Waals surface area (Å²) in [5.74, 6) is 1.33. The zero-order chi connectivity index (χ0) is 19.3. The summed E-state index contributed by atoms with van der Waals surface area (Å²) in [4.78, 5) is 14.6. The molecule has 1 saturated heterocycles. The van der Waals surface area contributed by atoms with Gasteiger partial charge in [-0.2, -0.15) is 0 Å². The van der Waals surface area contributed by atoms with Gasteiger partial charge < -0.3 is 19.7 Å². The first-order valence-electron chi connectivity index (χ1n) is 9.34. The molecule has 0 unspecified atom stereocenters. The van der Waals surface area contributed by atoms with Crippen molar-refractivity contribution in [3.63, 3.8) is 0 Å². The lowest BCUT2D eigenvalue weighted by atomic mass is 10.00. The molecule has 1 atom stereocenters. The van der Waals surface area contributed by atoms with Crippen LogP contribution in [0.1, 0.15) is 32.1 Å². The van der Waals surface area contributed by atoms with Gasteiger partial charge in [-0.05, 0) is 37.8 Å². The van der Waals surface area contributed by atoms with Crippen molar-refractivity contribution in [2.24, 2.45) is 0 Å². The van der Waals surface area contributed by atoms with Crippen LogP contribution in [-0.2, 0) is 10.0 Å². The fourth-order valence-electron chi connectivity index (χ4n) is 3.42. The normalized spacial score (nSPS) is 20.0. The molecule has 0 bridgehead atoms. The number of piperidine rings is 1. The number of sulfonamides is 1. The number of hydrogen-bond donors (Lipinski definition) is 2. The van der Waals surface area contributed by atoms with E-state index in [1.54, 1.807) is 23.1 Å². The molecule has 0 spiro atoms. The van der Waals surface area contributed by atoms with Crippen LogP contribution in [0.5, 0.6) is 11.5 Å². The van der Waals surface area contributed by atoms with Gasteiger partial charge in [-0.3, -0.25) is 0 Å². The van der Waals surface area contributed by atoms with E-state index in [1.807, 2.05) is 0 Å². The van der Waals surface area contributed by atoms with Crippen molar-refractivity contribution in [2.75, 3.05) is 37.9 Å². The van der Waals surface area contributed by atoms with E-state index in [0.29, 0.717) is 49.9 Å². The van der Waals surface area contributed by atoms with E-state index in [2.05, 4.69) is 10.0 Å². The van der Waals surface area contributed by atoms with Crippen molar-refractivity contribution in [3.05, 3.63) is 18.2 Å². The van der Waals surface area contributed by atoms with Gasteiger partial charge in [0.1, 0.15) is 0 Å². The van der Waals surface area contributed by atoms with E-state index in [-0.39, 0.29) is 12.1 Å². The number of hydrogen-bond acceptors (Lipinski definition) is 5. The maximum Gasteiger partial charge on any atom is 0.322 e. The second kappa shape index (κ2) is 8.79. The number of rotatable bonds is 5. The van der Waals surface area contributed by atoms with Crippen molar-refractivity contribution >= 4 is 21.7 Å². The lowest BCUT2D eigenvalue weighted by Crippen LogP contribution is -2.47. The predicted molar refractivity (Wildman–Crippen MR) is 103 cm³/mol. The Morgan fingerprint density at radius 3 is 2.74 bits per heavy atom. The number of urea groups is 1. The number of nitrogens with zero attached hydrogens (tertiary/aromatic N) is 1. The van der Waals surface area contributed by atoms with Crippen molar-refractivity contribution in [3.8, 4) is 11.5 Å². The number of nitrogens with one attached hydrogen (secondary N) is 2. The molecule has 3 rings (SSSR count). The van der Waals surface area contributed by atoms with Crippen LogP contribution in [0.4, 0.5) is 10.5 Å². The molecule has 0 radical (unpaired) electrons. The lowest BCUT2D eigenvalue weighted by Gasteiger charge is -2.35. The summed E-state index contributed by atoms with van der Waals surface area (Å²) < 4.78 is 36.3. The number of likely N-dealkylation sites (tertiary alicyclic amines) is 1. The monoisotopic (exact) mass is 397 g/mol. The fourth-order valence-corrected chi connectivity index (χ4v) is 3.90. The first kappa shape index (κ1) is 19.8. The van der Waals surface area contributed by atoms with Gasteiger partial charge in [-0.1, -0.05) is 0 Å². The molecule has 1 fully saturated rings. The van der Waals surface area contributed by atoms with Crippen molar-refractivity contribution in [2.45, 2.75) is 38.1 Å². The van der Waals surface area contributed by atoms with Gasteiger partial charge >= 0.3 is 6.03 Å². The van der Waals surface area contributed by atoms with Crippen LogP contribution in [0.3, 0.4) is 0 Å². The van der Waals surface area contributed by atoms with Crippen LogP contribution in [0, 0.1) is 0 Å². The Morgan fingerprint density at radius 1 is 1.19 bits per heavy atom. The summed E-state index contributed by atoms with van der Waals surface area (Å²) >= 11 is 0. The predicted octanol–water partition coefficient (Wildman–Crippen LogP) is 2.17. The van der Waals surface area contributed by atoms with Crippen molar-refractivity contribution in [1.82, 2.24) is 9.62 Å². The van der Waals surface area contributed by atoms with E-state index in [9.17, 15) is 13.2 Å². The minimum Gasteiger partial charge on any atom is -0.490 e. The smallest absolute Gasteiger partial charge is 0.322 e. The average Bonchev–Trinajstić information content (AvgIpc) is 2.86. The first-order valence-corrected chi connectivity index (χ1v) is 11.2. The van der Waals surface area contributed by atoms with Crippen molar-refractivity contribution in [1.29, 1.82) is 0 Å². The van der Waals surface area contributed by atoms with E-state index < -0.39 is 10.0 Å². The first-order chi connectivity index (χ1) is 12.9. The van der Waals surface area contributed by atoms with Crippen LogP contribution in [-0.4, -0.2) is 57.9 Å². The molecule has 0 saturated carbocycles. The molecule has 9 heteroatoms. The molecule has 1 aromatic carbocycles. The Balaban J connectivity index is 1.62. The minimum atomic E-state index is -3.22. The Morgan fingerprint density at radius 2 is 1.96 bits per heavy atom. The largest absolute Gasteiger partial charge is 0.490 e. The van der Waals surface area contributed by atoms with Crippen LogP contribution in [0.15, 0.2) is 18.2 Å². The highest BCUT2D eigenvalue weighted by Crippen LogP contribution is 2.32. The van der Waals surface area contributed by atoms with Gasteiger partial charge in [0.2, 0.25) is 10.0 Å². The molecular formula is C18H27N3O5S. The number of ether oxygens (including phenoxy) is 2. The number of carbonyl (C=O) groups excluding carboxylic acids is 1. The number of carbonyl (C=O) groups is 1. The SMILES string of the molecule is CS(=O)(=O)NCC[C@@H]1CCCCN1C(=O)Nc1ccc2c(c1)OCCCO2. The number of amides is 2. The lowest BCUT2D eigenvalue weighted by molar-refractivity contribution is 0.158. The summed E-state index contributed by atoms with van der Waals surface area (Å²) in [5, 5.41) is 2.93. The molecule has 2 aliphatic rings. The molecule has 2 aliphatic heterocycles. The summed E-state index contributed by atoms with van der Waals surface area (Å²) in [6, 6.07) is 5.24. The number of benzene rings is 1. The third-order valence-corrected chi connectivity index (χ3v) is 5.46. The van der Waals surface area contributed by atoms with Gasteiger partial charge in [-0.25, -0.2) is 17.9 Å². The highest BCUT2D eigenvalue weighted by Gasteiger charge is 2.27. The number of anilines is 1. The Kier molecular flexibility index (Phi) is 6.43. The highest BCUT2D eigenvalue weighted by molar-refractivity contribution is 7.88. The summed E-state index contributed by atoms with van der Waals surface area (Å²) in [7, 11) is -3.22. The summed E-state index contributed by atoms with van der Waals surface area (Å²) in [6.45, 7) is 2.21. The molecule has 1 aromatic rings. The quantitative estimate of drug-likeness (QED) is 0.794. The summed E-state index contributed by atoms with van der Waals surface area (Å²) in [6.07, 6.45) is 5.43. The Labute approximate surface area is 160 Å². The molecule has 2 heterocycles. The van der Waals surface area contributed by atoms with Crippen molar-refractivity contribution < 1.29 is 22.7 Å². The minimum absolute atomic E-state index is 0.0217. The van der Waals surface area contributed by atoms with Gasteiger partial charge in [0.15, 0.2) is 11.5 Å². The van der Waals surface area contributed by atoms with Crippen LogP contribution in [0.2, 0.25) is 0 Å².